The normalized spacial score (nSPS) is 14.6. The van der Waals surface area contributed by atoms with Gasteiger partial charge in [0.05, 0.1) is 19.5 Å². The first kappa shape index (κ1) is 13.6. The van der Waals surface area contributed by atoms with Crippen molar-refractivity contribution in [1.29, 1.82) is 0 Å². The van der Waals surface area contributed by atoms with Gasteiger partial charge in [0.1, 0.15) is 6.10 Å². The van der Waals surface area contributed by atoms with Crippen LogP contribution in [0.1, 0.15) is 11.3 Å². The Labute approximate surface area is 124 Å². The minimum absolute atomic E-state index is 0.0547. The molecule has 0 N–H and O–H groups in total. The van der Waals surface area contributed by atoms with Gasteiger partial charge in [-0.15, -0.1) is 0 Å². The first-order valence-corrected chi connectivity index (χ1v) is 7.13. The number of pyridine rings is 1. The summed E-state index contributed by atoms with van der Waals surface area (Å²) in [6, 6.07) is 15.5. The van der Waals surface area contributed by atoms with Gasteiger partial charge in [-0.1, -0.05) is 36.4 Å². The molecule has 1 amide bonds. The van der Waals surface area contributed by atoms with Crippen LogP contribution in [0.3, 0.4) is 0 Å². The number of hydrogen-bond acceptors (Lipinski definition) is 3. The van der Waals surface area contributed by atoms with Crippen molar-refractivity contribution >= 4 is 5.91 Å². The molecular weight excluding hydrogens is 264 g/mol. The van der Waals surface area contributed by atoms with Crippen LogP contribution in [0, 0.1) is 6.92 Å². The van der Waals surface area contributed by atoms with Crippen molar-refractivity contribution in [1.82, 2.24) is 9.88 Å². The van der Waals surface area contributed by atoms with Crippen LogP contribution in [-0.4, -0.2) is 35.0 Å². The highest BCUT2D eigenvalue weighted by molar-refractivity contribution is 5.79. The van der Waals surface area contributed by atoms with Crippen LogP contribution in [0.4, 0.5) is 0 Å². The largest absolute Gasteiger partial charge is 0.471 e. The first-order valence-electron chi connectivity index (χ1n) is 7.13. The number of rotatable bonds is 4. The molecule has 21 heavy (non-hydrogen) atoms. The van der Waals surface area contributed by atoms with E-state index in [4.69, 9.17) is 4.74 Å². The molecule has 0 saturated carbocycles. The summed E-state index contributed by atoms with van der Waals surface area (Å²) in [5, 5.41) is 0. The molecule has 1 aliphatic heterocycles. The summed E-state index contributed by atoms with van der Waals surface area (Å²) < 4.78 is 5.76. The van der Waals surface area contributed by atoms with E-state index in [0.29, 0.717) is 25.4 Å². The Morgan fingerprint density at radius 3 is 2.67 bits per heavy atom. The van der Waals surface area contributed by atoms with Gasteiger partial charge in [0.2, 0.25) is 11.8 Å². The van der Waals surface area contributed by atoms with E-state index in [1.165, 1.54) is 0 Å². The smallest absolute Gasteiger partial charge is 0.227 e. The molecule has 1 saturated heterocycles. The van der Waals surface area contributed by atoms with E-state index in [0.717, 1.165) is 11.3 Å². The van der Waals surface area contributed by atoms with E-state index in [2.05, 4.69) is 4.98 Å². The molecular formula is C17H18N2O2. The van der Waals surface area contributed by atoms with Gasteiger partial charge in [-0.05, 0) is 18.6 Å². The zero-order chi connectivity index (χ0) is 14.7. The Kier molecular flexibility index (Phi) is 3.86. The van der Waals surface area contributed by atoms with E-state index in [1.54, 1.807) is 0 Å². The Bertz CT molecular complexity index is 622. The predicted octanol–water partition coefficient (Wildman–Crippen LogP) is 2.22. The van der Waals surface area contributed by atoms with Gasteiger partial charge in [0.25, 0.3) is 0 Å². The molecule has 0 radical (unpaired) electrons. The molecule has 4 nitrogen and oxygen atoms in total. The van der Waals surface area contributed by atoms with Crippen LogP contribution in [-0.2, 0) is 11.2 Å². The summed E-state index contributed by atoms with van der Waals surface area (Å²) in [4.78, 5) is 18.2. The maximum Gasteiger partial charge on any atom is 0.227 e. The highest BCUT2D eigenvalue weighted by atomic mass is 16.5. The number of aryl methyl sites for hydroxylation is 1. The second-order valence-electron chi connectivity index (χ2n) is 5.32. The molecule has 0 unspecified atom stereocenters. The average Bonchev–Trinajstić information content (AvgIpc) is 2.43. The molecule has 1 aromatic heterocycles. The highest BCUT2D eigenvalue weighted by Gasteiger charge is 2.32. The van der Waals surface area contributed by atoms with Crippen molar-refractivity contribution < 1.29 is 9.53 Å². The van der Waals surface area contributed by atoms with E-state index < -0.39 is 0 Å². The summed E-state index contributed by atoms with van der Waals surface area (Å²) in [5.41, 5.74) is 1.98. The third-order valence-electron chi connectivity index (χ3n) is 3.55. The second-order valence-corrected chi connectivity index (χ2v) is 5.32. The molecule has 1 aliphatic rings. The monoisotopic (exact) mass is 282 g/mol. The maximum atomic E-state index is 12.1. The lowest BCUT2D eigenvalue weighted by atomic mass is 10.1. The fraction of sp³-hybridized carbons (Fsp3) is 0.294. The summed E-state index contributed by atoms with van der Waals surface area (Å²) in [6.45, 7) is 3.21. The standard InChI is InChI=1S/C17H18N2O2/c1-13-6-5-9-16(18-13)21-15-11-19(12-15)17(20)10-14-7-3-2-4-8-14/h2-9,15H,10-12H2,1H3. The lowest BCUT2D eigenvalue weighted by Crippen LogP contribution is -2.56. The van der Waals surface area contributed by atoms with Gasteiger partial charge in [-0.2, -0.15) is 0 Å². The lowest BCUT2D eigenvalue weighted by Gasteiger charge is -2.38. The quantitative estimate of drug-likeness (QED) is 0.863. The number of benzene rings is 1. The fourth-order valence-electron chi connectivity index (χ4n) is 2.35. The number of likely N-dealkylation sites (tertiary alicyclic amines) is 1. The number of aromatic nitrogens is 1. The summed E-state index contributed by atoms with van der Waals surface area (Å²) in [5.74, 6) is 0.786. The topological polar surface area (TPSA) is 42.4 Å². The minimum atomic E-state index is 0.0547. The van der Waals surface area contributed by atoms with Crippen LogP contribution < -0.4 is 4.74 Å². The van der Waals surface area contributed by atoms with Gasteiger partial charge in [0, 0.05) is 11.8 Å². The van der Waals surface area contributed by atoms with Gasteiger partial charge in [0.15, 0.2) is 0 Å². The molecule has 0 atom stereocenters. The van der Waals surface area contributed by atoms with Gasteiger partial charge in [-0.25, -0.2) is 4.98 Å². The second kappa shape index (κ2) is 5.95. The number of amides is 1. The molecule has 108 valence electrons. The zero-order valence-electron chi connectivity index (χ0n) is 12.0. The molecule has 0 spiro atoms. The van der Waals surface area contributed by atoms with Crippen molar-refractivity contribution in [3.63, 3.8) is 0 Å². The van der Waals surface area contributed by atoms with Crippen molar-refractivity contribution in [2.24, 2.45) is 0 Å². The Morgan fingerprint density at radius 1 is 1.19 bits per heavy atom. The molecule has 0 bridgehead atoms. The van der Waals surface area contributed by atoms with Crippen LogP contribution >= 0.6 is 0 Å². The Balaban J connectivity index is 1.48. The molecule has 1 fully saturated rings. The Morgan fingerprint density at radius 2 is 1.95 bits per heavy atom. The third-order valence-corrected chi connectivity index (χ3v) is 3.55. The highest BCUT2D eigenvalue weighted by Crippen LogP contribution is 2.17. The molecule has 2 heterocycles. The first-order chi connectivity index (χ1) is 10.2. The van der Waals surface area contributed by atoms with E-state index >= 15 is 0 Å². The number of hydrogen-bond donors (Lipinski definition) is 0. The minimum Gasteiger partial charge on any atom is -0.471 e. The molecule has 2 aromatic rings. The van der Waals surface area contributed by atoms with E-state index in [9.17, 15) is 4.79 Å². The van der Waals surface area contributed by atoms with Crippen LogP contribution in [0.2, 0.25) is 0 Å². The molecule has 1 aromatic carbocycles. The number of carbonyl (C=O) groups excluding carboxylic acids is 1. The van der Waals surface area contributed by atoms with Crippen LogP contribution in [0.5, 0.6) is 5.88 Å². The number of carbonyl (C=O) groups is 1. The average molecular weight is 282 g/mol. The van der Waals surface area contributed by atoms with Crippen molar-refractivity contribution in [3.05, 3.63) is 59.8 Å². The van der Waals surface area contributed by atoms with Crippen molar-refractivity contribution in [3.8, 4) is 5.88 Å². The Hall–Kier alpha value is -2.36. The maximum absolute atomic E-state index is 12.1. The van der Waals surface area contributed by atoms with Crippen molar-refractivity contribution in [2.75, 3.05) is 13.1 Å². The molecule has 3 rings (SSSR count). The van der Waals surface area contributed by atoms with E-state index in [1.807, 2.05) is 60.4 Å². The van der Waals surface area contributed by atoms with Gasteiger partial charge >= 0.3 is 0 Å². The zero-order valence-corrected chi connectivity index (χ0v) is 12.0. The molecule has 4 heteroatoms. The van der Waals surface area contributed by atoms with Crippen LogP contribution in [0.15, 0.2) is 48.5 Å². The van der Waals surface area contributed by atoms with Gasteiger partial charge < -0.3 is 9.64 Å². The van der Waals surface area contributed by atoms with Gasteiger partial charge in [-0.3, -0.25) is 4.79 Å². The SMILES string of the molecule is Cc1cccc(OC2CN(C(=O)Cc3ccccc3)C2)n1. The van der Waals surface area contributed by atoms with E-state index in [-0.39, 0.29) is 12.0 Å². The summed E-state index contributed by atoms with van der Waals surface area (Å²) in [7, 11) is 0. The van der Waals surface area contributed by atoms with Crippen LogP contribution in [0.25, 0.3) is 0 Å². The summed E-state index contributed by atoms with van der Waals surface area (Å²) in [6.07, 6.45) is 0.509. The fourth-order valence-corrected chi connectivity index (χ4v) is 2.35. The summed E-state index contributed by atoms with van der Waals surface area (Å²) >= 11 is 0. The third kappa shape index (κ3) is 3.40. The molecule has 0 aliphatic carbocycles. The lowest BCUT2D eigenvalue weighted by molar-refractivity contribution is -0.139. The number of nitrogens with zero attached hydrogens (tertiary/aromatic N) is 2. The predicted molar refractivity (Wildman–Crippen MR) is 80.1 cm³/mol. The number of ether oxygens (including phenoxy) is 1. The van der Waals surface area contributed by atoms with Crippen molar-refractivity contribution in [2.45, 2.75) is 19.4 Å².